The van der Waals surface area contributed by atoms with Crippen LogP contribution in [0, 0.1) is 6.92 Å². The van der Waals surface area contributed by atoms with Crippen LogP contribution in [-0.2, 0) is 13.1 Å². The predicted molar refractivity (Wildman–Crippen MR) is 104 cm³/mol. The summed E-state index contributed by atoms with van der Waals surface area (Å²) in [5.41, 5.74) is 2.85. The maximum atomic E-state index is 13.4. The van der Waals surface area contributed by atoms with E-state index in [1.807, 2.05) is 11.8 Å². The number of amides is 2. The minimum absolute atomic E-state index is 0.157. The number of hydrogen-bond donors (Lipinski definition) is 2. The van der Waals surface area contributed by atoms with Gasteiger partial charge in [-0.2, -0.15) is 5.10 Å². The van der Waals surface area contributed by atoms with Gasteiger partial charge in [0.25, 0.3) is 11.8 Å². The third-order valence-electron chi connectivity index (χ3n) is 5.61. The van der Waals surface area contributed by atoms with E-state index in [0.717, 1.165) is 31.2 Å². The largest absolute Gasteiger partial charge is 0.389 e. The molecule has 0 spiro atoms. The van der Waals surface area contributed by atoms with Crippen LogP contribution in [0.4, 0.5) is 0 Å². The van der Waals surface area contributed by atoms with Gasteiger partial charge in [0.2, 0.25) is 0 Å². The van der Waals surface area contributed by atoms with Gasteiger partial charge in [-0.1, -0.05) is 42.7 Å². The van der Waals surface area contributed by atoms with Gasteiger partial charge >= 0.3 is 0 Å². The van der Waals surface area contributed by atoms with E-state index in [0.29, 0.717) is 12.2 Å². The summed E-state index contributed by atoms with van der Waals surface area (Å²) in [6.07, 6.45) is 3.51. The molecule has 1 aliphatic heterocycles. The second-order valence-corrected chi connectivity index (χ2v) is 7.82. The number of aryl methyl sites for hydroxylation is 1. The van der Waals surface area contributed by atoms with Gasteiger partial charge in [0.15, 0.2) is 5.69 Å². The van der Waals surface area contributed by atoms with Crippen molar-refractivity contribution in [2.24, 2.45) is 0 Å². The molecule has 2 N–H and O–H groups in total. The Bertz CT molecular complexity index is 868. The van der Waals surface area contributed by atoms with E-state index in [1.165, 1.54) is 10.2 Å². The lowest BCUT2D eigenvalue weighted by molar-refractivity contribution is 0.0656. The molecule has 7 nitrogen and oxygen atoms in total. The third kappa shape index (κ3) is 3.80. The number of carbonyl (C=O) groups is 2. The second kappa shape index (κ2) is 7.75. The number of nitrogens with one attached hydrogen (secondary N) is 1. The zero-order valence-corrected chi connectivity index (χ0v) is 16.1. The van der Waals surface area contributed by atoms with E-state index in [2.05, 4.69) is 34.7 Å². The van der Waals surface area contributed by atoms with E-state index in [4.69, 9.17) is 0 Å². The number of nitrogens with zero attached hydrogens (tertiary/aromatic N) is 3. The SMILES string of the molecule is Cc1ccc(CN(C(=O)c2cc3n(n2)C[C@@H](O)CNC3=O)C2CCCC2)cc1. The number of carbonyl (C=O) groups excluding carboxylic acids is 2. The van der Waals surface area contributed by atoms with Gasteiger partial charge in [0, 0.05) is 25.2 Å². The number of aliphatic hydroxyl groups is 1. The molecule has 2 aliphatic rings. The van der Waals surface area contributed by atoms with Crippen molar-refractivity contribution in [2.45, 2.75) is 57.8 Å². The number of rotatable bonds is 4. The van der Waals surface area contributed by atoms with Crippen molar-refractivity contribution in [3.63, 3.8) is 0 Å². The first kappa shape index (κ1) is 18.7. The number of hydrogen-bond acceptors (Lipinski definition) is 4. The number of fused-ring (bicyclic) bond motifs is 1. The number of benzene rings is 1. The normalized spacial score (nSPS) is 19.8. The smallest absolute Gasteiger partial charge is 0.274 e. The van der Waals surface area contributed by atoms with E-state index in [-0.39, 0.29) is 36.6 Å². The summed E-state index contributed by atoms with van der Waals surface area (Å²) in [4.78, 5) is 27.5. The van der Waals surface area contributed by atoms with Crippen LogP contribution in [0.15, 0.2) is 30.3 Å². The van der Waals surface area contributed by atoms with Crippen molar-refractivity contribution in [1.82, 2.24) is 20.0 Å². The highest BCUT2D eigenvalue weighted by molar-refractivity contribution is 5.98. The van der Waals surface area contributed by atoms with E-state index >= 15 is 0 Å². The minimum Gasteiger partial charge on any atom is -0.389 e. The summed E-state index contributed by atoms with van der Waals surface area (Å²) in [5, 5.41) is 17.0. The Morgan fingerprint density at radius 3 is 2.71 bits per heavy atom. The molecule has 28 heavy (non-hydrogen) atoms. The van der Waals surface area contributed by atoms with Crippen molar-refractivity contribution in [3.8, 4) is 0 Å². The minimum atomic E-state index is -0.716. The molecule has 2 heterocycles. The number of aromatic nitrogens is 2. The summed E-state index contributed by atoms with van der Waals surface area (Å²) in [6.45, 7) is 2.96. The lowest BCUT2D eigenvalue weighted by Gasteiger charge is -2.28. The predicted octanol–water partition coefficient (Wildman–Crippen LogP) is 1.88. The van der Waals surface area contributed by atoms with Crippen molar-refractivity contribution in [2.75, 3.05) is 6.54 Å². The van der Waals surface area contributed by atoms with Crippen LogP contribution in [0.3, 0.4) is 0 Å². The van der Waals surface area contributed by atoms with Crippen molar-refractivity contribution >= 4 is 11.8 Å². The van der Waals surface area contributed by atoms with E-state index < -0.39 is 6.10 Å². The van der Waals surface area contributed by atoms with Gasteiger partial charge in [0.1, 0.15) is 5.69 Å². The Kier molecular flexibility index (Phi) is 5.17. The maximum Gasteiger partial charge on any atom is 0.274 e. The Morgan fingerprint density at radius 2 is 2.00 bits per heavy atom. The molecule has 0 unspecified atom stereocenters. The molecule has 2 amide bonds. The fraction of sp³-hybridized carbons (Fsp3) is 0.476. The van der Waals surface area contributed by atoms with Gasteiger partial charge in [-0.05, 0) is 25.3 Å². The Balaban J connectivity index is 1.62. The second-order valence-electron chi connectivity index (χ2n) is 7.82. The molecule has 0 bridgehead atoms. The molecule has 1 aliphatic carbocycles. The summed E-state index contributed by atoms with van der Waals surface area (Å²) >= 11 is 0. The van der Waals surface area contributed by atoms with Crippen molar-refractivity contribution < 1.29 is 14.7 Å². The average Bonchev–Trinajstić information content (AvgIpc) is 3.33. The highest BCUT2D eigenvalue weighted by Gasteiger charge is 2.31. The number of aliphatic hydroxyl groups excluding tert-OH is 1. The third-order valence-corrected chi connectivity index (χ3v) is 5.61. The summed E-state index contributed by atoms with van der Waals surface area (Å²) in [7, 11) is 0. The molecule has 0 radical (unpaired) electrons. The molecule has 4 rings (SSSR count). The van der Waals surface area contributed by atoms with Crippen molar-refractivity contribution in [1.29, 1.82) is 0 Å². The quantitative estimate of drug-likeness (QED) is 0.845. The van der Waals surface area contributed by atoms with Crippen LogP contribution in [-0.4, -0.2) is 50.3 Å². The lowest BCUT2D eigenvalue weighted by Crippen LogP contribution is -2.38. The van der Waals surface area contributed by atoms with Gasteiger partial charge in [0.05, 0.1) is 12.6 Å². The zero-order valence-electron chi connectivity index (χ0n) is 16.1. The molecule has 7 heteroatoms. The van der Waals surface area contributed by atoms with Crippen LogP contribution in [0.5, 0.6) is 0 Å². The first-order chi connectivity index (χ1) is 13.5. The van der Waals surface area contributed by atoms with E-state index in [1.54, 1.807) is 6.07 Å². The fourth-order valence-electron chi connectivity index (χ4n) is 4.03. The molecular weight excluding hydrogens is 356 g/mol. The molecular formula is C21H26N4O3. The number of β-amino-alcohol motifs (C(OH)–C–C–N with tert-alkyl or cyclic N) is 1. The standard InChI is InChI=1S/C21H26N4O3/c1-14-6-8-15(9-7-14)12-24(16-4-2-3-5-16)21(28)18-10-19-20(27)22-11-17(26)13-25(19)23-18/h6-10,16-17,26H,2-5,11-13H2,1H3,(H,22,27)/t17-/m0/s1. The molecule has 0 saturated heterocycles. The van der Waals surface area contributed by atoms with Crippen LogP contribution < -0.4 is 5.32 Å². The highest BCUT2D eigenvalue weighted by atomic mass is 16.3. The summed E-state index contributed by atoms with van der Waals surface area (Å²) in [5.74, 6) is -0.468. The molecule has 2 aromatic rings. The molecule has 148 valence electrons. The van der Waals surface area contributed by atoms with Crippen LogP contribution in [0.1, 0.15) is 57.8 Å². The van der Waals surface area contributed by atoms with Gasteiger partial charge in [-0.25, -0.2) is 0 Å². The van der Waals surface area contributed by atoms with Crippen LogP contribution in [0.25, 0.3) is 0 Å². The molecule has 1 atom stereocenters. The molecule has 1 fully saturated rings. The molecule has 1 aromatic heterocycles. The highest BCUT2D eigenvalue weighted by Crippen LogP contribution is 2.27. The topological polar surface area (TPSA) is 87.5 Å². The Labute approximate surface area is 164 Å². The Hall–Kier alpha value is -2.67. The van der Waals surface area contributed by atoms with Gasteiger partial charge in [-0.3, -0.25) is 14.3 Å². The van der Waals surface area contributed by atoms with Crippen LogP contribution in [0.2, 0.25) is 0 Å². The van der Waals surface area contributed by atoms with E-state index in [9.17, 15) is 14.7 Å². The lowest BCUT2D eigenvalue weighted by atomic mass is 10.1. The Morgan fingerprint density at radius 1 is 1.29 bits per heavy atom. The maximum absolute atomic E-state index is 13.4. The summed E-state index contributed by atoms with van der Waals surface area (Å²) < 4.78 is 1.44. The average molecular weight is 382 g/mol. The zero-order chi connectivity index (χ0) is 19.7. The first-order valence-electron chi connectivity index (χ1n) is 9.92. The first-order valence-corrected chi connectivity index (χ1v) is 9.92. The van der Waals surface area contributed by atoms with Crippen molar-refractivity contribution in [3.05, 3.63) is 52.8 Å². The fourth-order valence-corrected chi connectivity index (χ4v) is 4.03. The summed E-state index contributed by atoms with van der Waals surface area (Å²) in [6, 6.07) is 9.95. The molecule has 1 aromatic carbocycles. The molecule has 1 saturated carbocycles. The van der Waals surface area contributed by atoms with Gasteiger partial charge < -0.3 is 15.3 Å². The van der Waals surface area contributed by atoms with Gasteiger partial charge in [-0.15, -0.1) is 0 Å². The van der Waals surface area contributed by atoms with Crippen LogP contribution >= 0.6 is 0 Å². The monoisotopic (exact) mass is 382 g/mol.